The average Bonchev–Trinajstić information content (AvgIpc) is 2.82. The zero-order chi connectivity index (χ0) is 20.1. The first-order valence-corrected chi connectivity index (χ1v) is 18.7. The molecule has 1 aliphatic heterocycles. The van der Waals surface area contributed by atoms with Crippen molar-refractivity contribution in [1.29, 1.82) is 0 Å². The van der Waals surface area contributed by atoms with Crippen molar-refractivity contribution < 1.29 is 22.0 Å². The van der Waals surface area contributed by atoms with Gasteiger partial charge in [-0.1, -0.05) is 33.5 Å². The molecule has 1 heterocycles. The van der Waals surface area contributed by atoms with Gasteiger partial charge in [0, 0.05) is 17.2 Å². The Morgan fingerprint density at radius 3 is 1.80 bits per heavy atom. The van der Waals surface area contributed by atoms with Gasteiger partial charge < -0.3 is 8.85 Å². The summed E-state index contributed by atoms with van der Waals surface area (Å²) in [5.41, 5.74) is -0.501. The van der Waals surface area contributed by atoms with Gasteiger partial charge in [-0.25, -0.2) is 0 Å². The first-order chi connectivity index (χ1) is 10.9. The molecule has 1 rings (SSSR count). The highest BCUT2D eigenvalue weighted by molar-refractivity contribution is 6.91. The highest BCUT2D eigenvalue weighted by atomic mass is 28.4. The molecule has 0 aromatic heterocycles. The van der Waals surface area contributed by atoms with Crippen LogP contribution in [0.15, 0.2) is 0 Å². The molecule has 0 N–H and O–H groups in total. The summed E-state index contributed by atoms with van der Waals surface area (Å²) < 4.78 is 53.1. The van der Waals surface area contributed by atoms with Crippen LogP contribution in [0.5, 0.6) is 0 Å². The Hall–Kier alpha value is 0.361. The van der Waals surface area contributed by atoms with Crippen molar-refractivity contribution in [3.05, 3.63) is 0 Å². The minimum absolute atomic E-state index is 0.322. The zero-order valence-corrected chi connectivity index (χ0v) is 20.6. The predicted molar refractivity (Wildman–Crippen MR) is 107 cm³/mol. The smallest absolute Gasteiger partial charge is 0.389 e. The minimum atomic E-state index is -4.18. The fraction of sp³-hybridized carbons (Fsp3) is 1.00. The molecule has 0 spiro atoms. The number of rotatable bonds is 8. The molecule has 150 valence electrons. The molecule has 4 unspecified atom stereocenters. The van der Waals surface area contributed by atoms with Gasteiger partial charge >= 0.3 is 6.18 Å². The molecule has 1 fully saturated rings. The molecule has 1 aliphatic rings. The van der Waals surface area contributed by atoms with Crippen molar-refractivity contribution in [3.8, 4) is 0 Å². The van der Waals surface area contributed by atoms with E-state index in [4.69, 9.17) is 8.85 Å². The fourth-order valence-electron chi connectivity index (χ4n) is 4.09. The number of halogens is 3. The Bertz CT molecular complexity index is 487. The topological polar surface area (TPSA) is 18.5 Å². The van der Waals surface area contributed by atoms with Gasteiger partial charge in [0.25, 0.3) is 0 Å². The molecule has 25 heavy (non-hydrogen) atoms. The lowest BCUT2D eigenvalue weighted by Crippen LogP contribution is -2.56. The predicted octanol–water partition coefficient (Wildman–Crippen LogP) is 6.50. The number of hydrogen-bond acceptors (Lipinski definition) is 2. The first-order valence-electron chi connectivity index (χ1n) is 9.34. The van der Waals surface area contributed by atoms with Crippen molar-refractivity contribution >= 4 is 24.7 Å². The Balaban J connectivity index is 3.30. The maximum atomic E-state index is 13.3. The summed E-state index contributed by atoms with van der Waals surface area (Å²) in [6.45, 7) is 21.0. The molecule has 0 saturated carbocycles. The van der Waals surface area contributed by atoms with Crippen molar-refractivity contribution in [2.75, 3.05) is 0 Å². The van der Waals surface area contributed by atoms with Gasteiger partial charge in [0.2, 0.25) is 8.32 Å². The van der Waals surface area contributed by atoms with Crippen LogP contribution in [0.1, 0.15) is 40.0 Å². The van der Waals surface area contributed by atoms with Crippen LogP contribution in [0.2, 0.25) is 51.4 Å². The van der Waals surface area contributed by atoms with Crippen molar-refractivity contribution in [1.82, 2.24) is 0 Å². The highest BCUT2D eigenvalue weighted by Crippen LogP contribution is 2.68. The van der Waals surface area contributed by atoms with E-state index in [-0.39, 0.29) is 5.22 Å². The molecule has 0 radical (unpaired) electrons. The van der Waals surface area contributed by atoms with Gasteiger partial charge in [0.15, 0.2) is 8.32 Å². The van der Waals surface area contributed by atoms with E-state index in [9.17, 15) is 13.2 Å². The molecule has 1 saturated heterocycles. The number of alkyl halides is 3. The van der Waals surface area contributed by atoms with Gasteiger partial charge in [-0.15, -0.1) is 0 Å². The molecule has 0 aromatic carbocycles. The van der Waals surface area contributed by atoms with Gasteiger partial charge in [0.1, 0.15) is 0 Å². The zero-order valence-electron chi connectivity index (χ0n) is 17.6. The molecular formula is C17H37F3O2Si3. The van der Waals surface area contributed by atoms with Crippen LogP contribution in [-0.4, -0.2) is 41.3 Å². The lowest BCUT2D eigenvalue weighted by atomic mass is 10.1. The quantitative estimate of drug-likeness (QED) is 0.422. The van der Waals surface area contributed by atoms with Crippen LogP contribution in [0.4, 0.5) is 13.2 Å². The van der Waals surface area contributed by atoms with Crippen molar-refractivity contribution in [2.45, 2.75) is 108 Å². The molecule has 4 atom stereocenters. The minimum Gasteiger partial charge on any atom is -0.412 e. The molecule has 0 bridgehead atoms. The Labute approximate surface area is 155 Å². The monoisotopic (exact) mass is 414 g/mol. The molecule has 0 aromatic rings. The van der Waals surface area contributed by atoms with E-state index >= 15 is 0 Å². The van der Waals surface area contributed by atoms with Gasteiger partial charge in [-0.05, 0) is 46.0 Å². The third kappa shape index (κ3) is 4.62. The highest BCUT2D eigenvalue weighted by Gasteiger charge is 2.81. The summed E-state index contributed by atoms with van der Waals surface area (Å²) in [6, 6.07) is 0. The van der Waals surface area contributed by atoms with E-state index in [0.717, 1.165) is 6.42 Å². The second-order valence-corrected chi connectivity index (χ2v) is 23.8. The second kappa shape index (κ2) is 6.76. The van der Waals surface area contributed by atoms with Crippen LogP contribution in [0, 0.1) is 0 Å². The van der Waals surface area contributed by atoms with E-state index in [0.29, 0.717) is 6.42 Å². The standard InChI is InChI=1S/C17H37F3O2Si3/c1-11-15(3,23(4,5)6)21-25(10)14(13-17(18,19)20)16(25,12-2)22-24(7,8)9/h14H,11-13H2,1-10H3. The van der Waals surface area contributed by atoms with Gasteiger partial charge in [-0.3, -0.25) is 0 Å². The molecule has 2 nitrogen and oxygen atoms in total. The van der Waals surface area contributed by atoms with Crippen molar-refractivity contribution in [3.63, 3.8) is 0 Å². The van der Waals surface area contributed by atoms with Gasteiger partial charge in [-0.2, -0.15) is 13.2 Å². The maximum absolute atomic E-state index is 13.3. The Morgan fingerprint density at radius 2 is 1.52 bits per heavy atom. The SMILES string of the molecule is CCC(C)(O[Si]1(C)C(CC(F)(F)F)C1(CC)O[Si](C)(C)C)[Si](C)(C)C. The molecule has 0 aliphatic carbocycles. The largest absolute Gasteiger partial charge is 0.412 e. The summed E-state index contributed by atoms with van der Waals surface area (Å²) in [4.78, 5) is 0. The summed E-state index contributed by atoms with van der Waals surface area (Å²) in [6.07, 6.45) is -3.52. The fourth-order valence-corrected chi connectivity index (χ4v) is 15.4. The van der Waals surface area contributed by atoms with E-state index in [1.165, 1.54) is 0 Å². The summed E-state index contributed by atoms with van der Waals surface area (Å²) in [5, 5.41) is -1.01. The van der Waals surface area contributed by atoms with Crippen LogP contribution in [0.25, 0.3) is 0 Å². The van der Waals surface area contributed by atoms with Gasteiger partial charge in [0.05, 0.1) is 13.3 Å². The van der Waals surface area contributed by atoms with E-state index in [1.807, 2.05) is 13.5 Å². The summed E-state index contributed by atoms with van der Waals surface area (Å²) in [7, 11) is -6.38. The van der Waals surface area contributed by atoms with E-state index < -0.39 is 48.1 Å². The van der Waals surface area contributed by atoms with Crippen LogP contribution in [0.3, 0.4) is 0 Å². The molecular weight excluding hydrogens is 377 g/mol. The van der Waals surface area contributed by atoms with Crippen LogP contribution >= 0.6 is 0 Å². The normalized spacial score (nSPS) is 33.2. The Kier molecular flexibility index (Phi) is 6.32. The van der Waals surface area contributed by atoms with Crippen molar-refractivity contribution in [2.24, 2.45) is 0 Å². The van der Waals surface area contributed by atoms with E-state index in [2.05, 4.69) is 53.1 Å². The third-order valence-corrected chi connectivity index (χ3v) is 16.2. The van der Waals surface area contributed by atoms with Crippen LogP contribution in [-0.2, 0) is 8.85 Å². The lowest BCUT2D eigenvalue weighted by molar-refractivity contribution is -0.136. The number of hydrogen-bond donors (Lipinski definition) is 0. The Morgan fingerprint density at radius 1 is 1.04 bits per heavy atom. The third-order valence-electron chi connectivity index (χ3n) is 6.13. The second-order valence-electron chi connectivity index (χ2n) is 9.87. The van der Waals surface area contributed by atoms with E-state index in [1.54, 1.807) is 0 Å². The van der Waals surface area contributed by atoms with Crippen LogP contribution < -0.4 is 0 Å². The average molecular weight is 415 g/mol. The molecule has 8 heteroatoms. The molecule has 0 amide bonds. The maximum Gasteiger partial charge on any atom is 0.389 e. The lowest BCUT2D eigenvalue weighted by Gasteiger charge is -2.44. The summed E-state index contributed by atoms with van der Waals surface area (Å²) in [5.74, 6) is 0. The summed E-state index contributed by atoms with van der Waals surface area (Å²) >= 11 is 0. The first kappa shape index (κ1) is 23.4.